The zero-order valence-electron chi connectivity index (χ0n) is 8.09. The monoisotopic (exact) mass is 179 g/mol. The van der Waals surface area contributed by atoms with Crippen molar-refractivity contribution >= 4 is 0 Å². The summed E-state index contributed by atoms with van der Waals surface area (Å²) in [6.07, 6.45) is 7.64. The molecule has 1 aromatic heterocycles. The number of nitrogens with one attached hydrogen (secondary N) is 2. The first-order chi connectivity index (χ1) is 6.34. The molecule has 2 N–H and O–H groups in total. The number of hydrogen-bond donors (Lipinski definition) is 2. The number of rotatable bonds is 3. The number of aromatic amines is 1. The molecule has 0 radical (unpaired) electrons. The van der Waals surface area contributed by atoms with Crippen LogP contribution in [0.15, 0.2) is 12.5 Å². The molecule has 1 saturated carbocycles. The van der Waals surface area contributed by atoms with Crippen molar-refractivity contribution < 1.29 is 0 Å². The molecule has 0 aliphatic heterocycles. The minimum Gasteiger partial charge on any atom is -0.347 e. The summed E-state index contributed by atoms with van der Waals surface area (Å²) in [5.41, 5.74) is 1.18. The Morgan fingerprint density at radius 3 is 3.15 bits per heavy atom. The number of aromatic nitrogens is 2. The van der Waals surface area contributed by atoms with Crippen LogP contribution in [0.3, 0.4) is 0 Å². The van der Waals surface area contributed by atoms with Gasteiger partial charge in [-0.1, -0.05) is 6.92 Å². The maximum atomic E-state index is 3.99. The molecular weight excluding hydrogens is 162 g/mol. The Bertz CT molecular complexity index is 243. The third-order valence-corrected chi connectivity index (χ3v) is 2.83. The fourth-order valence-corrected chi connectivity index (χ4v) is 2.03. The molecule has 13 heavy (non-hydrogen) atoms. The van der Waals surface area contributed by atoms with Gasteiger partial charge in [0.05, 0.1) is 6.33 Å². The minimum absolute atomic E-state index is 0.721. The maximum Gasteiger partial charge on any atom is 0.0922 e. The van der Waals surface area contributed by atoms with Gasteiger partial charge in [-0.05, 0) is 25.2 Å². The SMILES string of the molecule is CC1CCC(NCc2cnc[nH]2)C1. The molecule has 1 aliphatic rings. The van der Waals surface area contributed by atoms with Crippen molar-refractivity contribution in [1.82, 2.24) is 15.3 Å². The fraction of sp³-hybridized carbons (Fsp3) is 0.700. The van der Waals surface area contributed by atoms with E-state index < -0.39 is 0 Å². The van der Waals surface area contributed by atoms with E-state index in [9.17, 15) is 0 Å². The predicted molar refractivity (Wildman–Crippen MR) is 52.2 cm³/mol. The van der Waals surface area contributed by atoms with E-state index in [-0.39, 0.29) is 0 Å². The summed E-state index contributed by atoms with van der Waals surface area (Å²) < 4.78 is 0. The fourth-order valence-electron chi connectivity index (χ4n) is 2.03. The summed E-state index contributed by atoms with van der Waals surface area (Å²) >= 11 is 0. The molecule has 0 spiro atoms. The van der Waals surface area contributed by atoms with Crippen molar-refractivity contribution in [2.45, 2.75) is 38.8 Å². The lowest BCUT2D eigenvalue weighted by Crippen LogP contribution is -2.25. The van der Waals surface area contributed by atoms with Crippen LogP contribution < -0.4 is 5.32 Å². The minimum atomic E-state index is 0.721. The van der Waals surface area contributed by atoms with Gasteiger partial charge in [-0.3, -0.25) is 0 Å². The van der Waals surface area contributed by atoms with Crippen molar-refractivity contribution in [3.05, 3.63) is 18.2 Å². The van der Waals surface area contributed by atoms with E-state index >= 15 is 0 Å². The van der Waals surface area contributed by atoms with Crippen LogP contribution >= 0.6 is 0 Å². The molecule has 3 heteroatoms. The highest BCUT2D eigenvalue weighted by molar-refractivity contribution is 4.94. The summed E-state index contributed by atoms with van der Waals surface area (Å²) in [5.74, 6) is 0.902. The van der Waals surface area contributed by atoms with E-state index in [0.717, 1.165) is 18.5 Å². The first-order valence-corrected chi connectivity index (χ1v) is 5.05. The lowest BCUT2D eigenvalue weighted by atomic mass is 10.1. The van der Waals surface area contributed by atoms with Gasteiger partial charge in [-0.2, -0.15) is 0 Å². The van der Waals surface area contributed by atoms with Crippen molar-refractivity contribution in [2.24, 2.45) is 5.92 Å². The van der Waals surface area contributed by atoms with Crippen molar-refractivity contribution in [3.8, 4) is 0 Å². The maximum absolute atomic E-state index is 3.99. The Labute approximate surface area is 79.0 Å². The van der Waals surface area contributed by atoms with Crippen LogP contribution in [0.25, 0.3) is 0 Å². The molecule has 72 valence electrons. The van der Waals surface area contributed by atoms with Crippen molar-refractivity contribution in [1.29, 1.82) is 0 Å². The van der Waals surface area contributed by atoms with Gasteiger partial charge in [0.2, 0.25) is 0 Å². The van der Waals surface area contributed by atoms with Crippen LogP contribution in [0.2, 0.25) is 0 Å². The summed E-state index contributed by atoms with van der Waals surface area (Å²) in [7, 11) is 0. The van der Waals surface area contributed by atoms with E-state index in [1.54, 1.807) is 6.33 Å². The second kappa shape index (κ2) is 3.92. The number of nitrogens with zero attached hydrogens (tertiary/aromatic N) is 1. The molecule has 2 atom stereocenters. The number of imidazole rings is 1. The summed E-state index contributed by atoms with van der Waals surface area (Å²) in [6, 6.07) is 0.721. The zero-order valence-corrected chi connectivity index (χ0v) is 8.09. The highest BCUT2D eigenvalue weighted by atomic mass is 15.0. The molecular formula is C10H17N3. The van der Waals surface area contributed by atoms with Crippen LogP contribution in [0.5, 0.6) is 0 Å². The third kappa shape index (κ3) is 2.31. The van der Waals surface area contributed by atoms with Crippen molar-refractivity contribution in [3.63, 3.8) is 0 Å². The van der Waals surface area contributed by atoms with Gasteiger partial charge in [0.25, 0.3) is 0 Å². The Balaban J connectivity index is 1.74. The Morgan fingerprint density at radius 1 is 1.62 bits per heavy atom. The quantitative estimate of drug-likeness (QED) is 0.741. The second-order valence-electron chi connectivity index (χ2n) is 4.07. The molecule has 0 bridgehead atoms. The highest BCUT2D eigenvalue weighted by Crippen LogP contribution is 2.24. The normalized spacial score (nSPS) is 28.1. The van der Waals surface area contributed by atoms with Gasteiger partial charge in [0.15, 0.2) is 0 Å². The molecule has 0 amide bonds. The van der Waals surface area contributed by atoms with Gasteiger partial charge in [-0.15, -0.1) is 0 Å². The Kier molecular flexibility index (Phi) is 2.64. The predicted octanol–water partition coefficient (Wildman–Crippen LogP) is 1.69. The summed E-state index contributed by atoms with van der Waals surface area (Å²) in [4.78, 5) is 7.09. The molecule has 2 unspecified atom stereocenters. The smallest absolute Gasteiger partial charge is 0.0922 e. The molecule has 2 rings (SSSR count). The molecule has 3 nitrogen and oxygen atoms in total. The largest absolute Gasteiger partial charge is 0.347 e. The van der Waals surface area contributed by atoms with E-state index in [1.807, 2.05) is 6.20 Å². The van der Waals surface area contributed by atoms with Crippen molar-refractivity contribution in [2.75, 3.05) is 0 Å². The van der Waals surface area contributed by atoms with Gasteiger partial charge in [0, 0.05) is 24.5 Å². The molecule has 0 aromatic carbocycles. The molecule has 1 fully saturated rings. The van der Waals surface area contributed by atoms with E-state index in [4.69, 9.17) is 0 Å². The van der Waals surface area contributed by atoms with Gasteiger partial charge >= 0.3 is 0 Å². The Morgan fingerprint density at radius 2 is 2.54 bits per heavy atom. The Hall–Kier alpha value is -0.830. The lowest BCUT2D eigenvalue weighted by molar-refractivity contribution is 0.499. The van der Waals surface area contributed by atoms with Crippen LogP contribution in [-0.4, -0.2) is 16.0 Å². The average Bonchev–Trinajstić information content (AvgIpc) is 2.71. The number of H-pyrrole nitrogens is 1. The summed E-state index contributed by atoms with van der Waals surface area (Å²) in [6.45, 7) is 3.26. The molecule has 0 saturated heterocycles. The second-order valence-corrected chi connectivity index (χ2v) is 4.07. The summed E-state index contributed by atoms with van der Waals surface area (Å²) in [5, 5.41) is 3.54. The molecule has 1 aromatic rings. The van der Waals surface area contributed by atoms with Gasteiger partial charge < -0.3 is 10.3 Å². The topological polar surface area (TPSA) is 40.7 Å². The van der Waals surface area contributed by atoms with Crippen LogP contribution in [0.1, 0.15) is 31.9 Å². The van der Waals surface area contributed by atoms with Gasteiger partial charge in [0.1, 0.15) is 0 Å². The first-order valence-electron chi connectivity index (χ1n) is 5.05. The molecule has 1 heterocycles. The zero-order chi connectivity index (χ0) is 9.10. The lowest BCUT2D eigenvalue weighted by Gasteiger charge is -2.10. The third-order valence-electron chi connectivity index (χ3n) is 2.83. The van der Waals surface area contributed by atoms with E-state index in [0.29, 0.717) is 0 Å². The van der Waals surface area contributed by atoms with E-state index in [2.05, 4.69) is 22.2 Å². The number of hydrogen-bond acceptors (Lipinski definition) is 2. The van der Waals surface area contributed by atoms with Gasteiger partial charge in [-0.25, -0.2) is 4.98 Å². The highest BCUT2D eigenvalue weighted by Gasteiger charge is 2.20. The van der Waals surface area contributed by atoms with Crippen LogP contribution in [0.4, 0.5) is 0 Å². The van der Waals surface area contributed by atoms with Crippen LogP contribution in [-0.2, 0) is 6.54 Å². The molecule has 1 aliphatic carbocycles. The average molecular weight is 179 g/mol. The standard InChI is InChI=1S/C10H17N3/c1-8-2-3-9(4-8)12-6-10-5-11-7-13-10/h5,7-9,12H,2-4,6H2,1H3,(H,11,13). The van der Waals surface area contributed by atoms with Crippen LogP contribution in [0, 0.1) is 5.92 Å². The first kappa shape index (κ1) is 8.75. The van der Waals surface area contributed by atoms with E-state index in [1.165, 1.54) is 25.0 Å².